The van der Waals surface area contributed by atoms with Gasteiger partial charge < -0.3 is 4.90 Å². The molecule has 1 fully saturated rings. The molecule has 0 unspecified atom stereocenters. The fraction of sp³-hybridized carbons (Fsp3) is 0.294. The average molecular weight is 321 g/mol. The van der Waals surface area contributed by atoms with Gasteiger partial charge in [-0.25, -0.2) is 0 Å². The summed E-state index contributed by atoms with van der Waals surface area (Å²) >= 11 is 12.0. The number of benzene rings is 2. The molecule has 0 spiro atoms. The van der Waals surface area contributed by atoms with Crippen LogP contribution < -0.4 is 4.90 Å². The summed E-state index contributed by atoms with van der Waals surface area (Å²) in [5, 5.41) is 1.60. The molecule has 2 aromatic carbocycles. The Bertz CT molecular complexity index is 590. The largest absolute Gasteiger partial charge is 0.369 e. The molecule has 0 aromatic heterocycles. The first kappa shape index (κ1) is 14.7. The maximum atomic E-state index is 6.04. The van der Waals surface area contributed by atoms with Crippen molar-refractivity contribution in [1.82, 2.24) is 4.90 Å². The van der Waals surface area contributed by atoms with Gasteiger partial charge in [-0.1, -0.05) is 35.3 Å². The van der Waals surface area contributed by atoms with Crippen LogP contribution in [0.15, 0.2) is 48.5 Å². The summed E-state index contributed by atoms with van der Waals surface area (Å²) in [5.41, 5.74) is 2.53. The highest BCUT2D eigenvalue weighted by molar-refractivity contribution is 6.30. The molecule has 21 heavy (non-hydrogen) atoms. The van der Waals surface area contributed by atoms with Crippen LogP contribution in [0.5, 0.6) is 0 Å². The van der Waals surface area contributed by atoms with Gasteiger partial charge in [-0.05, 0) is 42.0 Å². The Kier molecular flexibility index (Phi) is 4.69. The summed E-state index contributed by atoms with van der Waals surface area (Å²) in [5.74, 6) is 0. The molecule has 0 N–H and O–H groups in total. The number of rotatable bonds is 3. The van der Waals surface area contributed by atoms with Crippen molar-refractivity contribution in [2.24, 2.45) is 0 Å². The van der Waals surface area contributed by atoms with E-state index >= 15 is 0 Å². The first-order valence-electron chi connectivity index (χ1n) is 7.18. The molecular weight excluding hydrogens is 303 g/mol. The Labute approximate surface area is 135 Å². The quantitative estimate of drug-likeness (QED) is 0.831. The van der Waals surface area contributed by atoms with Gasteiger partial charge in [0.1, 0.15) is 0 Å². The molecule has 2 nitrogen and oxygen atoms in total. The minimum Gasteiger partial charge on any atom is -0.369 e. The molecule has 4 heteroatoms. The third kappa shape index (κ3) is 3.91. The zero-order chi connectivity index (χ0) is 14.7. The summed E-state index contributed by atoms with van der Waals surface area (Å²) in [7, 11) is 0. The lowest BCUT2D eigenvalue weighted by atomic mass is 10.2. The van der Waals surface area contributed by atoms with Crippen molar-refractivity contribution in [3.63, 3.8) is 0 Å². The minimum absolute atomic E-state index is 0.790. The molecule has 0 aliphatic carbocycles. The fourth-order valence-electron chi connectivity index (χ4n) is 2.71. The molecule has 0 saturated carbocycles. The number of hydrogen-bond donors (Lipinski definition) is 0. The summed E-state index contributed by atoms with van der Waals surface area (Å²) in [4.78, 5) is 4.88. The smallest absolute Gasteiger partial charge is 0.0409 e. The highest BCUT2D eigenvalue weighted by Crippen LogP contribution is 2.20. The highest BCUT2D eigenvalue weighted by Gasteiger charge is 2.17. The van der Waals surface area contributed by atoms with Crippen LogP contribution in [-0.4, -0.2) is 31.1 Å². The van der Waals surface area contributed by atoms with Crippen molar-refractivity contribution in [1.29, 1.82) is 0 Å². The summed E-state index contributed by atoms with van der Waals surface area (Å²) in [6, 6.07) is 16.2. The first-order valence-corrected chi connectivity index (χ1v) is 7.93. The molecule has 0 atom stereocenters. The number of piperazine rings is 1. The van der Waals surface area contributed by atoms with Crippen LogP contribution in [0.4, 0.5) is 5.69 Å². The molecule has 1 aliphatic heterocycles. The molecule has 2 aromatic rings. The minimum atomic E-state index is 0.790. The van der Waals surface area contributed by atoms with E-state index in [0.717, 1.165) is 42.8 Å². The van der Waals surface area contributed by atoms with E-state index in [4.69, 9.17) is 23.2 Å². The summed E-state index contributed by atoms with van der Waals surface area (Å²) < 4.78 is 0. The maximum Gasteiger partial charge on any atom is 0.0409 e. The molecule has 1 aliphatic rings. The van der Waals surface area contributed by atoms with Crippen molar-refractivity contribution in [3.8, 4) is 0 Å². The summed E-state index contributed by atoms with van der Waals surface area (Å²) in [6.07, 6.45) is 0. The van der Waals surface area contributed by atoms with Crippen LogP contribution in [0.1, 0.15) is 5.56 Å². The second kappa shape index (κ2) is 6.69. The van der Waals surface area contributed by atoms with Gasteiger partial charge in [0.2, 0.25) is 0 Å². The van der Waals surface area contributed by atoms with Crippen molar-refractivity contribution < 1.29 is 0 Å². The van der Waals surface area contributed by atoms with Crippen molar-refractivity contribution in [2.45, 2.75) is 6.54 Å². The normalized spacial score (nSPS) is 16.2. The predicted octanol–water partition coefficient (Wildman–Crippen LogP) is 4.32. The van der Waals surface area contributed by atoms with E-state index in [1.165, 1.54) is 11.3 Å². The molecular formula is C17H18Cl2N2. The molecule has 0 amide bonds. The Morgan fingerprint density at radius 3 is 2.19 bits per heavy atom. The van der Waals surface area contributed by atoms with E-state index in [1.807, 2.05) is 30.3 Å². The van der Waals surface area contributed by atoms with Gasteiger partial charge in [0.25, 0.3) is 0 Å². The maximum absolute atomic E-state index is 6.04. The lowest BCUT2D eigenvalue weighted by molar-refractivity contribution is 0.250. The molecule has 1 heterocycles. The second-order valence-corrected chi connectivity index (χ2v) is 6.24. The lowest BCUT2D eigenvalue weighted by Crippen LogP contribution is -2.45. The molecule has 0 radical (unpaired) electrons. The van der Waals surface area contributed by atoms with Gasteiger partial charge in [-0.2, -0.15) is 0 Å². The van der Waals surface area contributed by atoms with Crippen LogP contribution in [0.25, 0.3) is 0 Å². The SMILES string of the molecule is Clc1ccc(N2CCN(Cc3cccc(Cl)c3)CC2)cc1. The Balaban J connectivity index is 1.56. The Hall–Kier alpha value is -1.22. The highest BCUT2D eigenvalue weighted by atomic mass is 35.5. The average Bonchev–Trinajstić information content (AvgIpc) is 2.49. The van der Waals surface area contributed by atoms with E-state index in [9.17, 15) is 0 Å². The van der Waals surface area contributed by atoms with Gasteiger partial charge in [0.05, 0.1) is 0 Å². The molecule has 1 saturated heterocycles. The van der Waals surface area contributed by atoms with Gasteiger partial charge >= 0.3 is 0 Å². The van der Waals surface area contributed by atoms with E-state index in [1.54, 1.807) is 0 Å². The van der Waals surface area contributed by atoms with Crippen LogP contribution in [0.3, 0.4) is 0 Å². The lowest BCUT2D eigenvalue weighted by Gasteiger charge is -2.36. The van der Waals surface area contributed by atoms with Gasteiger partial charge in [0, 0.05) is 48.5 Å². The van der Waals surface area contributed by atoms with Gasteiger partial charge in [-0.15, -0.1) is 0 Å². The zero-order valence-electron chi connectivity index (χ0n) is 11.8. The van der Waals surface area contributed by atoms with Gasteiger partial charge in [-0.3, -0.25) is 4.90 Å². The third-order valence-electron chi connectivity index (χ3n) is 3.86. The zero-order valence-corrected chi connectivity index (χ0v) is 13.3. The monoisotopic (exact) mass is 320 g/mol. The van der Waals surface area contributed by atoms with Crippen molar-refractivity contribution in [2.75, 3.05) is 31.1 Å². The Morgan fingerprint density at radius 2 is 1.52 bits per heavy atom. The van der Waals surface area contributed by atoms with E-state index < -0.39 is 0 Å². The number of halogens is 2. The van der Waals surface area contributed by atoms with E-state index in [2.05, 4.69) is 28.0 Å². The third-order valence-corrected chi connectivity index (χ3v) is 4.35. The topological polar surface area (TPSA) is 6.48 Å². The Morgan fingerprint density at radius 1 is 0.810 bits per heavy atom. The van der Waals surface area contributed by atoms with Crippen molar-refractivity contribution in [3.05, 3.63) is 64.1 Å². The van der Waals surface area contributed by atoms with E-state index in [0.29, 0.717) is 0 Å². The number of anilines is 1. The van der Waals surface area contributed by atoms with Crippen LogP contribution in [-0.2, 0) is 6.54 Å². The molecule has 110 valence electrons. The van der Waals surface area contributed by atoms with Crippen LogP contribution in [0.2, 0.25) is 10.0 Å². The number of nitrogens with zero attached hydrogens (tertiary/aromatic N) is 2. The predicted molar refractivity (Wildman–Crippen MR) is 90.4 cm³/mol. The fourth-order valence-corrected chi connectivity index (χ4v) is 3.05. The molecule has 3 rings (SSSR count). The number of hydrogen-bond acceptors (Lipinski definition) is 2. The second-order valence-electron chi connectivity index (χ2n) is 5.37. The molecule has 0 bridgehead atoms. The first-order chi connectivity index (χ1) is 10.2. The standard InChI is InChI=1S/C17H18Cl2N2/c18-15-4-6-17(7-5-15)21-10-8-20(9-11-21)13-14-2-1-3-16(19)12-14/h1-7,12H,8-11,13H2. The van der Waals surface area contributed by atoms with Gasteiger partial charge in [0.15, 0.2) is 0 Å². The van der Waals surface area contributed by atoms with E-state index in [-0.39, 0.29) is 0 Å². The van der Waals surface area contributed by atoms with Crippen molar-refractivity contribution >= 4 is 28.9 Å². The summed E-state index contributed by atoms with van der Waals surface area (Å²) in [6.45, 7) is 5.18. The van der Waals surface area contributed by atoms with Crippen LogP contribution >= 0.6 is 23.2 Å². The van der Waals surface area contributed by atoms with Crippen LogP contribution in [0, 0.1) is 0 Å².